The van der Waals surface area contributed by atoms with Crippen molar-refractivity contribution in [2.75, 3.05) is 37.6 Å². The second kappa shape index (κ2) is 11.8. The second-order valence-corrected chi connectivity index (χ2v) is 12.1. The number of carbonyl (C=O) groups is 3. The first-order chi connectivity index (χ1) is 19.1. The van der Waals surface area contributed by atoms with E-state index in [1.165, 1.54) is 5.57 Å². The van der Waals surface area contributed by atoms with E-state index in [4.69, 9.17) is 11.6 Å². The van der Waals surface area contributed by atoms with E-state index in [2.05, 4.69) is 4.90 Å². The van der Waals surface area contributed by atoms with E-state index in [1.54, 1.807) is 4.90 Å². The molecule has 1 N–H and O–H groups in total. The number of benzene rings is 2. The van der Waals surface area contributed by atoms with E-state index in [0.717, 1.165) is 54.0 Å². The van der Waals surface area contributed by atoms with Gasteiger partial charge in [-0.3, -0.25) is 19.3 Å². The largest absolute Gasteiger partial charge is 0.481 e. The predicted molar refractivity (Wildman–Crippen MR) is 157 cm³/mol. The maximum Gasteiger partial charge on any atom is 0.306 e. The number of anilines is 1. The molecular formula is C32H38ClN3O4. The second-order valence-electron chi connectivity index (χ2n) is 11.7. The van der Waals surface area contributed by atoms with Crippen LogP contribution in [0.4, 0.5) is 5.69 Å². The molecule has 2 aromatic rings. The molecule has 40 heavy (non-hydrogen) atoms. The van der Waals surface area contributed by atoms with Crippen LogP contribution in [0.5, 0.6) is 0 Å². The molecule has 2 fully saturated rings. The number of nitrogens with zero attached hydrogens (tertiary/aromatic N) is 3. The van der Waals surface area contributed by atoms with Crippen LogP contribution in [-0.2, 0) is 9.59 Å². The highest BCUT2D eigenvalue weighted by atomic mass is 35.5. The van der Waals surface area contributed by atoms with Crippen LogP contribution < -0.4 is 4.90 Å². The van der Waals surface area contributed by atoms with Crippen LogP contribution in [0, 0.1) is 38.5 Å². The summed E-state index contributed by atoms with van der Waals surface area (Å²) < 4.78 is 0. The van der Waals surface area contributed by atoms with Gasteiger partial charge in [-0.2, -0.15) is 0 Å². The van der Waals surface area contributed by atoms with Crippen LogP contribution in [0.3, 0.4) is 0 Å². The van der Waals surface area contributed by atoms with Gasteiger partial charge >= 0.3 is 5.97 Å². The Morgan fingerprint density at radius 1 is 1.00 bits per heavy atom. The molecule has 212 valence electrons. The number of hydrogen-bond donors (Lipinski definition) is 1. The number of carboxylic acid groups (broad SMARTS) is 1. The van der Waals surface area contributed by atoms with Crippen molar-refractivity contribution in [3.05, 3.63) is 75.4 Å². The summed E-state index contributed by atoms with van der Waals surface area (Å²) in [5.41, 5.74) is 5.82. The number of rotatable bonds is 8. The molecule has 2 aromatic carbocycles. The molecule has 2 heterocycles. The highest BCUT2D eigenvalue weighted by Crippen LogP contribution is 2.35. The van der Waals surface area contributed by atoms with Crippen LogP contribution in [-0.4, -0.2) is 65.4 Å². The Hall–Kier alpha value is -3.16. The fourth-order valence-corrected chi connectivity index (χ4v) is 6.69. The molecule has 0 bridgehead atoms. The van der Waals surface area contributed by atoms with Gasteiger partial charge in [0.1, 0.15) is 0 Å². The van der Waals surface area contributed by atoms with Crippen LogP contribution >= 0.6 is 11.6 Å². The number of aliphatic carboxylic acids is 1. The first-order valence-corrected chi connectivity index (χ1v) is 14.6. The number of amides is 2. The van der Waals surface area contributed by atoms with Gasteiger partial charge in [0.05, 0.1) is 5.92 Å². The monoisotopic (exact) mass is 563 g/mol. The van der Waals surface area contributed by atoms with Gasteiger partial charge in [-0.1, -0.05) is 35.9 Å². The molecular weight excluding hydrogens is 526 g/mol. The number of hydrogen-bond acceptors (Lipinski definition) is 4. The van der Waals surface area contributed by atoms with E-state index in [9.17, 15) is 19.5 Å². The van der Waals surface area contributed by atoms with Gasteiger partial charge < -0.3 is 14.9 Å². The number of aryl methyl sites for hydroxylation is 3. The maximum absolute atomic E-state index is 13.6. The minimum absolute atomic E-state index is 0.00896. The molecule has 1 unspecified atom stereocenters. The average molecular weight is 564 g/mol. The molecule has 2 amide bonds. The zero-order chi connectivity index (χ0) is 28.6. The summed E-state index contributed by atoms with van der Waals surface area (Å²) in [5, 5.41) is 10.0. The van der Waals surface area contributed by atoms with Gasteiger partial charge in [0, 0.05) is 67.0 Å². The summed E-state index contributed by atoms with van der Waals surface area (Å²) in [6, 6.07) is 11.6. The third-order valence-electron chi connectivity index (χ3n) is 8.82. The fourth-order valence-electron chi connectivity index (χ4n) is 6.52. The molecule has 2 aliphatic heterocycles. The quantitative estimate of drug-likeness (QED) is 0.461. The van der Waals surface area contributed by atoms with Crippen LogP contribution in [0.1, 0.15) is 52.7 Å². The summed E-state index contributed by atoms with van der Waals surface area (Å²) >= 11 is 6.41. The van der Waals surface area contributed by atoms with E-state index >= 15 is 0 Å². The van der Waals surface area contributed by atoms with Crippen molar-refractivity contribution in [3.8, 4) is 0 Å². The molecule has 1 saturated heterocycles. The first kappa shape index (κ1) is 28.4. The van der Waals surface area contributed by atoms with E-state index in [1.807, 2.05) is 68.3 Å². The molecule has 0 radical (unpaired) electrons. The van der Waals surface area contributed by atoms with Crippen molar-refractivity contribution >= 4 is 35.1 Å². The highest BCUT2D eigenvalue weighted by molar-refractivity contribution is 6.31. The lowest BCUT2D eigenvalue weighted by molar-refractivity contribution is -0.141. The molecule has 8 heteroatoms. The van der Waals surface area contributed by atoms with Gasteiger partial charge in [-0.15, -0.1) is 0 Å². The summed E-state index contributed by atoms with van der Waals surface area (Å²) in [6.45, 7) is 9.72. The first-order valence-electron chi connectivity index (χ1n) is 14.2. The Kier molecular flexibility index (Phi) is 8.34. The van der Waals surface area contributed by atoms with E-state index in [-0.39, 0.29) is 17.7 Å². The van der Waals surface area contributed by atoms with Gasteiger partial charge in [0.15, 0.2) is 0 Å². The average Bonchev–Trinajstić information content (AvgIpc) is 3.63. The van der Waals surface area contributed by atoms with E-state index in [0.29, 0.717) is 43.3 Å². The van der Waals surface area contributed by atoms with Gasteiger partial charge in [0.2, 0.25) is 5.91 Å². The Morgan fingerprint density at radius 2 is 1.73 bits per heavy atom. The number of fused-ring (bicyclic) bond motifs is 1. The molecule has 5 rings (SSSR count). The van der Waals surface area contributed by atoms with Crippen molar-refractivity contribution in [1.29, 1.82) is 0 Å². The summed E-state index contributed by atoms with van der Waals surface area (Å²) in [6.07, 6.45) is 4.37. The van der Waals surface area contributed by atoms with Crippen molar-refractivity contribution in [1.82, 2.24) is 9.80 Å². The number of likely N-dealkylation sites (tertiary alicyclic amines) is 1. The summed E-state index contributed by atoms with van der Waals surface area (Å²) in [7, 11) is 0. The van der Waals surface area contributed by atoms with Gasteiger partial charge in [-0.25, -0.2) is 0 Å². The van der Waals surface area contributed by atoms with Crippen molar-refractivity contribution in [2.45, 2.75) is 46.5 Å². The fraction of sp³-hybridized carbons (Fsp3) is 0.469. The standard InChI is InChI=1S/C32H38ClN3O4/c1-20-8-11-27(15-28(20)33)36(30(37)23-9-10-24(14-23)32(39)40)13-5-12-34-16-25-18-35(19-26(25)17-34)31(38)29-21(2)6-4-7-22(29)3/h4,6-8,11,15,18,23-24,26H,5,9-10,12-14,16-17,19H2,1-3H3,(H,39,40)/t23-,24+,26?/m1/s1. The van der Waals surface area contributed by atoms with Crippen LogP contribution in [0.25, 0.3) is 0 Å². The summed E-state index contributed by atoms with van der Waals surface area (Å²) in [4.78, 5) is 44.4. The van der Waals surface area contributed by atoms with Crippen molar-refractivity contribution in [3.63, 3.8) is 0 Å². The molecule has 1 saturated carbocycles. The SMILES string of the molecule is Cc1ccc(N(CCCN2CC3=CN(C(=O)c4c(C)cccc4C)CC3C2)C(=O)[C@@H]2CC[C@H](C(=O)O)C2)cc1Cl. The Labute approximate surface area is 241 Å². The van der Waals surface area contributed by atoms with E-state index < -0.39 is 11.9 Å². The minimum atomic E-state index is -0.816. The normalized spacial score (nSPS) is 22.4. The number of carbonyl (C=O) groups excluding carboxylic acids is 2. The smallest absolute Gasteiger partial charge is 0.306 e. The Morgan fingerprint density at radius 3 is 2.38 bits per heavy atom. The molecule has 0 aromatic heterocycles. The molecule has 3 aliphatic rings. The lowest BCUT2D eigenvalue weighted by Crippen LogP contribution is -2.38. The Balaban J connectivity index is 1.21. The number of carboxylic acids is 1. The molecule has 3 atom stereocenters. The lowest BCUT2D eigenvalue weighted by atomic mass is 10.0. The maximum atomic E-state index is 13.6. The van der Waals surface area contributed by atoms with Crippen molar-refractivity contribution < 1.29 is 19.5 Å². The minimum Gasteiger partial charge on any atom is -0.481 e. The molecule has 7 nitrogen and oxygen atoms in total. The van der Waals surface area contributed by atoms with Crippen LogP contribution in [0.15, 0.2) is 48.2 Å². The zero-order valence-corrected chi connectivity index (χ0v) is 24.3. The third kappa shape index (κ3) is 5.81. The summed E-state index contributed by atoms with van der Waals surface area (Å²) in [5.74, 6) is -1.14. The third-order valence-corrected chi connectivity index (χ3v) is 9.23. The predicted octanol–water partition coefficient (Wildman–Crippen LogP) is 5.46. The number of halogens is 1. The topological polar surface area (TPSA) is 81.2 Å². The van der Waals surface area contributed by atoms with Gasteiger partial charge in [0.25, 0.3) is 5.91 Å². The lowest BCUT2D eigenvalue weighted by Gasteiger charge is -2.27. The zero-order valence-electron chi connectivity index (χ0n) is 23.5. The van der Waals surface area contributed by atoms with Crippen LogP contribution in [0.2, 0.25) is 5.02 Å². The molecule has 0 spiro atoms. The van der Waals surface area contributed by atoms with Crippen molar-refractivity contribution in [2.24, 2.45) is 17.8 Å². The highest BCUT2D eigenvalue weighted by Gasteiger charge is 2.38. The van der Waals surface area contributed by atoms with Gasteiger partial charge in [-0.05, 0) is 80.9 Å². The molecule has 1 aliphatic carbocycles. The Bertz CT molecular complexity index is 1340.